The third kappa shape index (κ3) is 6.34. The molecule has 1 N–H and O–H groups in total. The van der Waals surface area contributed by atoms with Gasteiger partial charge in [-0.2, -0.15) is 0 Å². The molecule has 8 heteroatoms. The minimum Gasteiger partial charge on any atom is -0.480 e. The molecule has 0 atom stereocenters. The maximum absolute atomic E-state index is 12.0. The van der Waals surface area contributed by atoms with Crippen molar-refractivity contribution in [3.63, 3.8) is 0 Å². The lowest BCUT2D eigenvalue weighted by Gasteiger charge is -2.20. The van der Waals surface area contributed by atoms with Gasteiger partial charge in [-0.1, -0.05) is 23.2 Å². The summed E-state index contributed by atoms with van der Waals surface area (Å²) in [5.41, 5.74) is 0.664. The summed E-state index contributed by atoms with van der Waals surface area (Å²) in [6.45, 7) is 3.46. The Bertz CT molecular complexity index is 810. The molecule has 0 aliphatic heterocycles. The number of carbonyl (C=O) groups excluding carboxylic acids is 2. The van der Waals surface area contributed by atoms with Crippen molar-refractivity contribution in [2.45, 2.75) is 19.9 Å². The van der Waals surface area contributed by atoms with E-state index in [9.17, 15) is 9.59 Å². The average molecular weight is 411 g/mol. The fourth-order valence-electron chi connectivity index (χ4n) is 2.09. The molecule has 0 unspecified atom stereocenters. The monoisotopic (exact) mass is 410 g/mol. The van der Waals surface area contributed by atoms with Crippen molar-refractivity contribution in [2.75, 3.05) is 18.6 Å². The molecule has 6 nitrogen and oxygen atoms in total. The quantitative estimate of drug-likeness (QED) is 0.560. The van der Waals surface area contributed by atoms with Crippen molar-refractivity contribution in [3.05, 3.63) is 52.5 Å². The molecule has 0 bridgehead atoms. The number of benzene rings is 2. The molecule has 0 saturated carbocycles. The van der Waals surface area contributed by atoms with Crippen LogP contribution in [0.3, 0.4) is 0 Å². The normalized spacial score (nSPS) is 10.4. The predicted molar refractivity (Wildman–Crippen MR) is 106 cm³/mol. The number of carbonyl (C=O) groups is 2. The van der Waals surface area contributed by atoms with Gasteiger partial charge in [0.25, 0.3) is 0 Å². The van der Waals surface area contributed by atoms with Gasteiger partial charge in [0.2, 0.25) is 0 Å². The smallest absolute Gasteiger partial charge is 0.349 e. The summed E-state index contributed by atoms with van der Waals surface area (Å²) < 4.78 is 10.5. The van der Waals surface area contributed by atoms with E-state index < -0.39 is 5.97 Å². The van der Waals surface area contributed by atoms with Gasteiger partial charge >= 0.3 is 12.0 Å². The third-order valence-electron chi connectivity index (χ3n) is 3.41. The van der Waals surface area contributed by atoms with Gasteiger partial charge in [-0.25, -0.2) is 9.59 Å². The van der Waals surface area contributed by atoms with E-state index in [1.807, 2.05) is 13.8 Å². The molecular formula is C19H20Cl2N2O4. The Hall–Kier alpha value is -2.44. The molecule has 0 heterocycles. The molecule has 0 saturated heterocycles. The fourth-order valence-corrected chi connectivity index (χ4v) is 2.55. The first-order valence-electron chi connectivity index (χ1n) is 8.19. The molecule has 144 valence electrons. The van der Waals surface area contributed by atoms with Crippen molar-refractivity contribution in [3.8, 4) is 11.5 Å². The van der Waals surface area contributed by atoms with Crippen molar-refractivity contribution >= 4 is 40.9 Å². The predicted octanol–water partition coefficient (Wildman–Crippen LogP) is 4.53. The number of rotatable bonds is 6. The maximum Gasteiger partial charge on any atom is 0.349 e. The van der Waals surface area contributed by atoms with Crippen LogP contribution < -0.4 is 19.7 Å². The van der Waals surface area contributed by atoms with E-state index in [1.54, 1.807) is 43.4 Å². The van der Waals surface area contributed by atoms with Crippen LogP contribution in [-0.4, -0.2) is 31.7 Å². The van der Waals surface area contributed by atoms with Crippen LogP contribution in [0.2, 0.25) is 10.0 Å². The second kappa shape index (κ2) is 9.48. The molecule has 2 aromatic carbocycles. The first-order valence-corrected chi connectivity index (χ1v) is 8.94. The Morgan fingerprint density at radius 2 is 1.78 bits per heavy atom. The van der Waals surface area contributed by atoms with E-state index in [-0.39, 0.29) is 18.7 Å². The lowest BCUT2D eigenvalue weighted by molar-refractivity contribution is -0.136. The van der Waals surface area contributed by atoms with Crippen molar-refractivity contribution in [2.24, 2.45) is 0 Å². The molecule has 0 spiro atoms. The standard InChI is InChI=1S/C19H20Cl2N2O4/c1-12(2)22-19(25)23(3)14-5-7-15(8-6-14)27-18(24)11-26-17-9-4-13(20)10-16(17)21/h4-10,12H,11H2,1-3H3,(H,22,25). The highest BCUT2D eigenvalue weighted by atomic mass is 35.5. The van der Waals surface area contributed by atoms with Gasteiger partial charge in [0.05, 0.1) is 5.02 Å². The second-order valence-electron chi connectivity index (χ2n) is 5.99. The Morgan fingerprint density at radius 1 is 1.11 bits per heavy atom. The molecule has 0 radical (unpaired) electrons. The summed E-state index contributed by atoms with van der Waals surface area (Å²) in [5.74, 6) is 0.0954. The van der Waals surface area contributed by atoms with Crippen molar-refractivity contribution < 1.29 is 19.1 Å². The number of amides is 2. The number of hydrogen-bond donors (Lipinski definition) is 1. The number of ether oxygens (including phenoxy) is 2. The van der Waals surface area contributed by atoms with Gasteiger partial charge in [-0.05, 0) is 56.3 Å². The summed E-state index contributed by atoms with van der Waals surface area (Å²) >= 11 is 11.8. The average Bonchev–Trinajstić information content (AvgIpc) is 2.60. The molecule has 0 aromatic heterocycles. The lowest BCUT2D eigenvalue weighted by atomic mass is 10.3. The Balaban J connectivity index is 1.90. The first kappa shape index (κ1) is 20.9. The zero-order valence-corrected chi connectivity index (χ0v) is 16.7. The minimum atomic E-state index is -0.584. The maximum atomic E-state index is 12.0. The highest BCUT2D eigenvalue weighted by molar-refractivity contribution is 6.35. The van der Waals surface area contributed by atoms with Crippen molar-refractivity contribution in [1.82, 2.24) is 5.32 Å². The van der Waals surface area contributed by atoms with E-state index in [0.29, 0.717) is 27.2 Å². The lowest BCUT2D eigenvalue weighted by Crippen LogP contribution is -2.40. The van der Waals surface area contributed by atoms with Crippen LogP contribution in [0.1, 0.15) is 13.8 Å². The number of nitrogens with one attached hydrogen (secondary N) is 1. The number of urea groups is 1. The molecule has 0 aliphatic carbocycles. The summed E-state index contributed by atoms with van der Waals surface area (Å²) in [6, 6.07) is 11.1. The number of halogens is 2. The Morgan fingerprint density at radius 3 is 2.37 bits per heavy atom. The number of esters is 1. The summed E-state index contributed by atoms with van der Waals surface area (Å²) in [4.78, 5) is 25.4. The second-order valence-corrected chi connectivity index (χ2v) is 6.84. The zero-order chi connectivity index (χ0) is 20.0. The van der Waals surface area contributed by atoms with Gasteiger partial charge in [0.1, 0.15) is 11.5 Å². The Labute approximate surface area is 168 Å². The SMILES string of the molecule is CC(C)NC(=O)N(C)c1ccc(OC(=O)COc2ccc(Cl)cc2Cl)cc1. The number of anilines is 1. The number of nitrogens with zero attached hydrogens (tertiary/aromatic N) is 1. The summed E-state index contributed by atoms with van der Waals surface area (Å²) in [7, 11) is 1.66. The van der Waals surface area contributed by atoms with Crippen LogP contribution in [0.15, 0.2) is 42.5 Å². The topological polar surface area (TPSA) is 67.9 Å². The Kier molecular flexibility index (Phi) is 7.33. The fraction of sp³-hybridized carbons (Fsp3) is 0.263. The van der Waals surface area contributed by atoms with Gasteiger partial charge in [-0.15, -0.1) is 0 Å². The molecular weight excluding hydrogens is 391 g/mol. The first-order chi connectivity index (χ1) is 12.8. The number of hydrogen-bond acceptors (Lipinski definition) is 4. The van der Waals surface area contributed by atoms with Crippen LogP contribution in [0.5, 0.6) is 11.5 Å². The van der Waals surface area contributed by atoms with E-state index in [1.165, 1.54) is 11.0 Å². The molecule has 2 amide bonds. The largest absolute Gasteiger partial charge is 0.480 e. The third-order valence-corrected chi connectivity index (χ3v) is 3.94. The van der Waals surface area contributed by atoms with Crippen LogP contribution >= 0.6 is 23.2 Å². The highest BCUT2D eigenvalue weighted by Crippen LogP contribution is 2.27. The van der Waals surface area contributed by atoms with Crippen LogP contribution in [0.4, 0.5) is 10.5 Å². The highest BCUT2D eigenvalue weighted by Gasteiger charge is 2.13. The van der Waals surface area contributed by atoms with Gasteiger partial charge in [0, 0.05) is 23.8 Å². The van der Waals surface area contributed by atoms with E-state index >= 15 is 0 Å². The van der Waals surface area contributed by atoms with E-state index in [4.69, 9.17) is 32.7 Å². The molecule has 27 heavy (non-hydrogen) atoms. The van der Waals surface area contributed by atoms with Crippen LogP contribution in [0.25, 0.3) is 0 Å². The van der Waals surface area contributed by atoms with Gasteiger partial charge in [-0.3, -0.25) is 4.90 Å². The van der Waals surface area contributed by atoms with E-state index in [0.717, 1.165) is 0 Å². The summed E-state index contributed by atoms with van der Waals surface area (Å²) in [5, 5.41) is 3.58. The van der Waals surface area contributed by atoms with Crippen LogP contribution in [-0.2, 0) is 4.79 Å². The molecule has 2 aromatic rings. The molecule has 0 fully saturated rings. The van der Waals surface area contributed by atoms with E-state index in [2.05, 4.69) is 5.32 Å². The molecule has 2 rings (SSSR count). The summed E-state index contributed by atoms with van der Waals surface area (Å²) in [6.07, 6.45) is 0. The molecule has 0 aliphatic rings. The van der Waals surface area contributed by atoms with Crippen molar-refractivity contribution in [1.29, 1.82) is 0 Å². The minimum absolute atomic E-state index is 0.0364. The van der Waals surface area contributed by atoms with Gasteiger partial charge < -0.3 is 14.8 Å². The zero-order valence-electron chi connectivity index (χ0n) is 15.2. The van der Waals surface area contributed by atoms with Crippen LogP contribution in [0, 0.1) is 0 Å². The van der Waals surface area contributed by atoms with Gasteiger partial charge in [0.15, 0.2) is 6.61 Å².